The van der Waals surface area contributed by atoms with Gasteiger partial charge in [-0.3, -0.25) is 4.79 Å². The molecule has 0 aromatic carbocycles. The lowest BCUT2D eigenvalue weighted by Crippen LogP contribution is -2.47. The summed E-state index contributed by atoms with van der Waals surface area (Å²) in [7, 11) is 1.84. The topological polar surface area (TPSA) is 32.3 Å². The molecule has 16 heavy (non-hydrogen) atoms. The van der Waals surface area contributed by atoms with Crippen molar-refractivity contribution < 1.29 is 4.79 Å². The van der Waals surface area contributed by atoms with E-state index in [0.29, 0.717) is 0 Å². The van der Waals surface area contributed by atoms with E-state index in [1.807, 2.05) is 18.5 Å². The molecule has 1 aliphatic heterocycles. The summed E-state index contributed by atoms with van der Waals surface area (Å²) in [6.45, 7) is 0.957. The van der Waals surface area contributed by atoms with Gasteiger partial charge in [-0.1, -0.05) is 6.42 Å². The van der Waals surface area contributed by atoms with Crippen molar-refractivity contribution in [3.8, 4) is 0 Å². The maximum Gasteiger partial charge on any atom is 0.244 e. The number of rotatable bonds is 2. The number of nitrogens with zero attached hydrogens (tertiary/aromatic N) is 1. The third-order valence-corrected chi connectivity index (χ3v) is 4.59. The van der Waals surface area contributed by atoms with E-state index in [-0.39, 0.29) is 11.9 Å². The normalized spacial score (nSPS) is 20.8. The van der Waals surface area contributed by atoms with Gasteiger partial charge in [0.25, 0.3) is 0 Å². The molecule has 1 aliphatic rings. The number of halogens is 1. The van der Waals surface area contributed by atoms with Crippen molar-refractivity contribution in [1.82, 2.24) is 5.32 Å². The highest BCUT2D eigenvalue weighted by Crippen LogP contribution is 2.28. The van der Waals surface area contributed by atoms with E-state index in [1.54, 1.807) is 16.2 Å². The van der Waals surface area contributed by atoms with Crippen molar-refractivity contribution in [2.24, 2.45) is 0 Å². The van der Waals surface area contributed by atoms with Crippen molar-refractivity contribution in [3.63, 3.8) is 0 Å². The number of hydrogen-bond acceptors (Lipinski definition) is 3. The van der Waals surface area contributed by atoms with Gasteiger partial charge in [-0.25, -0.2) is 0 Å². The lowest BCUT2D eigenvalue weighted by atomic mass is 10.0. The molecule has 0 aliphatic carbocycles. The maximum absolute atomic E-state index is 12.2. The third kappa shape index (κ3) is 2.64. The summed E-state index contributed by atoms with van der Waals surface area (Å²) < 4.78 is 1.03. The average molecular weight is 303 g/mol. The van der Waals surface area contributed by atoms with E-state index in [0.717, 1.165) is 28.9 Å². The minimum atomic E-state index is -0.000347. The second-order valence-electron chi connectivity index (χ2n) is 4.00. The standard InChI is InChI=1S/C11H15BrN2OS/c1-14(10-6-8(12)7-16-10)11(15)9-4-2-3-5-13-9/h6-7,9,13H,2-5H2,1H3. The first-order valence-electron chi connectivity index (χ1n) is 5.43. The van der Waals surface area contributed by atoms with Crippen LogP contribution in [-0.2, 0) is 4.79 Å². The molecule has 1 aromatic heterocycles. The summed E-state index contributed by atoms with van der Waals surface area (Å²) in [5, 5.41) is 6.26. The Morgan fingerprint density at radius 1 is 1.62 bits per heavy atom. The van der Waals surface area contributed by atoms with Gasteiger partial charge < -0.3 is 10.2 Å². The Bertz CT molecular complexity index is 374. The highest BCUT2D eigenvalue weighted by molar-refractivity contribution is 9.10. The lowest BCUT2D eigenvalue weighted by molar-refractivity contribution is -0.120. The molecule has 0 saturated carbocycles. The van der Waals surface area contributed by atoms with Gasteiger partial charge in [-0.15, -0.1) is 11.3 Å². The molecule has 1 aromatic rings. The number of thiophene rings is 1. The van der Waals surface area contributed by atoms with E-state index in [2.05, 4.69) is 21.2 Å². The summed E-state index contributed by atoms with van der Waals surface area (Å²) in [5.74, 6) is 0.175. The van der Waals surface area contributed by atoms with Crippen LogP contribution in [0.2, 0.25) is 0 Å². The van der Waals surface area contributed by atoms with Gasteiger partial charge in [0.2, 0.25) is 5.91 Å². The molecular weight excluding hydrogens is 288 g/mol. The van der Waals surface area contributed by atoms with E-state index in [4.69, 9.17) is 0 Å². The maximum atomic E-state index is 12.2. The Balaban J connectivity index is 2.03. The fourth-order valence-electron chi connectivity index (χ4n) is 1.88. The molecule has 0 bridgehead atoms. The fourth-order valence-corrected chi connectivity index (χ4v) is 3.28. The van der Waals surface area contributed by atoms with E-state index in [9.17, 15) is 4.79 Å². The summed E-state index contributed by atoms with van der Waals surface area (Å²) in [4.78, 5) is 13.9. The van der Waals surface area contributed by atoms with Crippen LogP contribution in [0.5, 0.6) is 0 Å². The van der Waals surface area contributed by atoms with Crippen molar-refractivity contribution in [1.29, 1.82) is 0 Å². The van der Waals surface area contributed by atoms with E-state index in [1.165, 1.54) is 6.42 Å². The van der Waals surface area contributed by atoms with E-state index < -0.39 is 0 Å². The largest absolute Gasteiger partial charge is 0.306 e. The predicted molar refractivity (Wildman–Crippen MR) is 71.1 cm³/mol. The zero-order valence-electron chi connectivity index (χ0n) is 9.20. The Labute approximate surface area is 108 Å². The monoisotopic (exact) mass is 302 g/mol. The van der Waals surface area contributed by atoms with Gasteiger partial charge in [0.15, 0.2) is 0 Å². The second kappa shape index (κ2) is 5.29. The van der Waals surface area contributed by atoms with Gasteiger partial charge in [-0.05, 0) is 41.4 Å². The van der Waals surface area contributed by atoms with Gasteiger partial charge in [0.1, 0.15) is 0 Å². The lowest BCUT2D eigenvalue weighted by Gasteiger charge is -2.26. The summed E-state index contributed by atoms with van der Waals surface area (Å²) in [5.41, 5.74) is 0. The number of piperidine rings is 1. The highest BCUT2D eigenvalue weighted by atomic mass is 79.9. The van der Waals surface area contributed by atoms with Crippen LogP contribution in [0.15, 0.2) is 15.9 Å². The molecule has 0 spiro atoms. The summed E-state index contributed by atoms with van der Waals surface area (Å²) in [6, 6.07) is 1.98. The highest BCUT2D eigenvalue weighted by Gasteiger charge is 2.24. The molecule has 1 saturated heterocycles. The quantitative estimate of drug-likeness (QED) is 0.911. The zero-order chi connectivity index (χ0) is 11.5. The third-order valence-electron chi connectivity index (χ3n) is 2.82. The van der Waals surface area contributed by atoms with Crippen LogP contribution < -0.4 is 10.2 Å². The van der Waals surface area contributed by atoms with Crippen LogP contribution in [0.1, 0.15) is 19.3 Å². The van der Waals surface area contributed by atoms with Gasteiger partial charge in [0, 0.05) is 16.9 Å². The molecule has 1 atom stereocenters. The number of anilines is 1. The molecule has 88 valence electrons. The first-order chi connectivity index (χ1) is 7.68. The van der Waals surface area contributed by atoms with Crippen molar-refractivity contribution in [3.05, 3.63) is 15.9 Å². The number of hydrogen-bond donors (Lipinski definition) is 1. The van der Waals surface area contributed by atoms with Gasteiger partial charge in [-0.2, -0.15) is 0 Å². The van der Waals surface area contributed by atoms with Crippen LogP contribution in [-0.4, -0.2) is 25.5 Å². The zero-order valence-corrected chi connectivity index (χ0v) is 11.6. The number of carbonyl (C=O) groups excluding carboxylic acids is 1. The van der Waals surface area contributed by atoms with Gasteiger partial charge in [0.05, 0.1) is 11.0 Å². The molecule has 1 N–H and O–H groups in total. The molecule has 2 heterocycles. The average Bonchev–Trinajstić information content (AvgIpc) is 2.75. The molecule has 3 nitrogen and oxygen atoms in total. The van der Waals surface area contributed by atoms with Crippen LogP contribution in [0.3, 0.4) is 0 Å². The number of likely N-dealkylation sites (N-methyl/N-ethyl adjacent to an activating group) is 1. The van der Waals surface area contributed by atoms with Crippen molar-refractivity contribution in [2.75, 3.05) is 18.5 Å². The SMILES string of the molecule is CN(C(=O)C1CCCCN1)c1cc(Br)cs1. The molecular formula is C11H15BrN2OS. The van der Waals surface area contributed by atoms with Crippen molar-refractivity contribution in [2.45, 2.75) is 25.3 Å². The van der Waals surface area contributed by atoms with Crippen LogP contribution in [0.25, 0.3) is 0 Å². The summed E-state index contributed by atoms with van der Waals surface area (Å²) >= 11 is 4.98. The molecule has 0 radical (unpaired) electrons. The minimum absolute atomic E-state index is 0.000347. The Kier molecular flexibility index (Phi) is 4.00. The number of amides is 1. The summed E-state index contributed by atoms with van der Waals surface area (Å²) in [6.07, 6.45) is 3.28. The second-order valence-corrected chi connectivity index (χ2v) is 5.81. The van der Waals surface area contributed by atoms with Crippen molar-refractivity contribution >= 4 is 38.2 Å². The smallest absolute Gasteiger partial charge is 0.244 e. The predicted octanol–water partition coefficient (Wildman–Crippen LogP) is 2.62. The Morgan fingerprint density at radius 2 is 2.44 bits per heavy atom. The number of carbonyl (C=O) groups is 1. The minimum Gasteiger partial charge on any atom is -0.306 e. The molecule has 2 rings (SSSR count). The van der Waals surface area contributed by atoms with Crippen LogP contribution >= 0.6 is 27.3 Å². The Morgan fingerprint density at radius 3 is 3.00 bits per heavy atom. The first-order valence-corrected chi connectivity index (χ1v) is 7.11. The molecule has 5 heteroatoms. The van der Waals surface area contributed by atoms with Crippen LogP contribution in [0, 0.1) is 0 Å². The molecule has 1 unspecified atom stereocenters. The van der Waals surface area contributed by atoms with Gasteiger partial charge >= 0.3 is 0 Å². The molecule has 1 fully saturated rings. The van der Waals surface area contributed by atoms with E-state index >= 15 is 0 Å². The fraction of sp³-hybridized carbons (Fsp3) is 0.545. The Hall–Kier alpha value is -0.390. The number of nitrogens with one attached hydrogen (secondary N) is 1. The molecule has 1 amide bonds. The first kappa shape index (κ1) is 12.1. The van der Waals surface area contributed by atoms with Crippen LogP contribution in [0.4, 0.5) is 5.00 Å².